The first-order valence-electron chi connectivity index (χ1n) is 24.8. The molecular formula is C55H90O6. The van der Waals surface area contributed by atoms with E-state index in [1.54, 1.807) is 0 Å². The van der Waals surface area contributed by atoms with Gasteiger partial charge in [0.2, 0.25) is 0 Å². The predicted octanol–water partition coefficient (Wildman–Crippen LogP) is 16.2. The number of ether oxygens (including phenoxy) is 3. The number of hydrogen-bond donors (Lipinski definition) is 0. The zero-order chi connectivity index (χ0) is 44.4. The molecule has 0 spiro atoms. The van der Waals surface area contributed by atoms with Gasteiger partial charge < -0.3 is 14.2 Å². The normalized spacial score (nSPS) is 12.9. The molecule has 346 valence electrons. The molecular weight excluding hydrogens is 757 g/mol. The molecule has 1 unspecified atom stereocenters. The summed E-state index contributed by atoms with van der Waals surface area (Å²) >= 11 is 0. The van der Waals surface area contributed by atoms with Gasteiger partial charge in [0.15, 0.2) is 6.10 Å². The minimum absolute atomic E-state index is 0.109. The zero-order valence-electron chi connectivity index (χ0n) is 39.4. The average Bonchev–Trinajstić information content (AvgIpc) is 3.26. The van der Waals surface area contributed by atoms with Gasteiger partial charge in [-0.15, -0.1) is 0 Å². The number of allylic oxidation sites excluding steroid dienone is 16. The van der Waals surface area contributed by atoms with Crippen molar-refractivity contribution in [3.05, 3.63) is 97.2 Å². The van der Waals surface area contributed by atoms with Gasteiger partial charge in [-0.05, 0) is 89.9 Å². The maximum atomic E-state index is 12.8. The molecule has 0 aromatic rings. The van der Waals surface area contributed by atoms with Crippen LogP contribution in [0.15, 0.2) is 97.2 Å². The fourth-order valence-electron chi connectivity index (χ4n) is 6.39. The molecule has 0 bridgehead atoms. The van der Waals surface area contributed by atoms with E-state index in [4.69, 9.17) is 14.2 Å². The predicted molar refractivity (Wildman–Crippen MR) is 260 cm³/mol. The lowest BCUT2D eigenvalue weighted by atomic mass is 10.1. The van der Waals surface area contributed by atoms with E-state index >= 15 is 0 Å². The van der Waals surface area contributed by atoms with E-state index in [9.17, 15) is 14.4 Å². The van der Waals surface area contributed by atoms with E-state index < -0.39 is 6.10 Å². The van der Waals surface area contributed by atoms with Crippen molar-refractivity contribution in [1.29, 1.82) is 0 Å². The van der Waals surface area contributed by atoms with Crippen LogP contribution in [0.2, 0.25) is 0 Å². The Kier molecular flexibility index (Phi) is 46.0. The van der Waals surface area contributed by atoms with Crippen LogP contribution in [-0.2, 0) is 28.6 Å². The molecule has 0 radical (unpaired) electrons. The first-order valence-corrected chi connectivity index (χ1v) is 24.8. The number of rotatable bonds is 43. The molecule has 0 amide bonds. The van der Waals surface area contributed by atoms with Crippen LogP contribution in [0, 0.1) is 0 Å². The van der Waals surface area contributed by atoms with E-state index in [1.807, 2.05) is 24.3 Å². The van der Waals surface area contributed by atoms with Crippen LogP contribution in [0.3, 0.4) is 0 Å². The Bertz CT molecular complexity index is 1250. The minimum Gasteiger partial charge on any atom is -0.462 e. The van der Waals surface area contributed by atoms with E-state index in [0.717, 1.165) is 96.3 Å². The second kappa shape index (κ2) is 49.0. The van der Waals surface area contributed by atoms with E-state index in [1.165, 1.54) is 70.6 Å². The molecule has 0 heterocycles. The maximum absolute atomic E-state index is 12.8. The van der Waals surface area contributed by atoms with Gasteiger partial charge in [0.25, 0.3) is 0 Å². The van der Waals surface area contributed by atoms with Crippen LogP contribution in [-0.4, -0.2) is 37.2 Å². The minimum atomic E-state index is -0.813. The summed E-state index contributed by atoms with van der Waals surface area (Å²) < 4.78 is 16.7. The quantitative estimate of drug-likeness (QED) is 0.0200. The summed E-state index contributed by atoms with van der Waals surface area (Å²) in [5, 5.41) is 0. The molecule has 0 aliphatic rings. The highest BCUT2D eigenvalue weighted by atomic mass is 16.6. The molecule has 0 N–H and O–H groups in total. The van der Waals surface area contributed by atoms with Crippen LogP contribution < -0.4 is 0 Å². The monoisotopic (exact) mass is 847 g/mol. The highest BCUT2D eigenvalue weighted by molar-refractivity contribution is 5.71. The van der Waals surface area contributed by atoms with Crippen molar-refractivity contribution in [3.8, 4) is 0 Å². The molecule has 0 aliphatic heterocycles. The number of carbonyl (C=O) groups is 3. The highest BCUT2D eigenvalue weighted by Gasteiger charge is 2.19. The molecule has 6 nitrogen and oxygen atoms in total. The Morgan fingerprint density at radius 2 is 0.738 bits per heavy atom. The van der Waals surface area contributed by atoms with Crippen LogP contribution in [0.1, 0.15) is 213 Å². The van der Waals surface area contributed by atoms with Crippen LogP contribution in [0.25, 0.3) is 0 Å². The smallest absolute Gasteiger partial charge is 0.306 e. The van der Waals surface area contributed by atoms with Gasteiger partial charge in [0, 0.05) is 19.3 Å². The topological polar surface area (TPSA) is 78.9 Å². The lowest BCUT2D eigenvalue weighted by Gasteiger charge is -2.18. The summed E-state index contributed by atoms with van der Waals surface area (Å²) in [5.74, 6) is -1.00. The summed E-state index contributed by atoms with van der Waals surface area (Å²) in [6, 6.07) is 0. The molecule has 0 aromatic carbocycles. The number of esters is 3. The zero-order valence-corrected chi connectivity index (χ0v) is 39.4. The van der Waals surface area contributed by atoms with Crippen molar-refractivity contribution in [3.63, 3.8) is 0 Å². The summed E-state index contributed by atoms with van der Waals surface area (Å²) in [4.78, 5) is 37.9. The second-order valence-corrected chi connectivity index (χ2v) is 16.1. The first kappa shape index (κ1) is 57.3. The number of carbonyl (C=O) groups excluding carboxylic acids is 3. The summed E-state index contributed by atoms with van der Waals surface area (Å²) in [7, 11) is 0. The molecule has 1 atom stereocenters. The molecule has 61 heavy (non-hydrogen) atoms. The van der Waals surface area contributed by atoms with Gasteiger partial charge in [-0.1, -0.05) is 201 Å². The van der Waals surface area contributed by atoms with Gasteiger partial charge >= 0.3 is 17.9 Å². The van der Waals surface area contributed by atoms with Crippen molar-refractivity contribution in [2.24, 2.45) is 0 Å². The van der Waals surface area contributed by atoms with Crippen molar-refractivity contribution in [2.75, 3.05) is 13.2 Å². The van der Waals surface area contributed by atoms with Crippen molar-refractivity contribution >= 4 is 17.9 Å². The van der Waals surface area contributed by atoms with Crippen LogP contribution in [0.5, 0.6) is 0 Å². The average molecular weight is 847 g/mol. The molecule has 0 fully saturated rings. The molecule has 6 heteroatoms. The highest BCUT2D eigenvalue weighted by Crippen LogP contribution is 2.12. The van der Waals surface area contributed by atoms with Gasteiger partial charge in [-0.3, -0.25) is 14.4 Å². The Hall–Kier alpha value is -3.67. The maximum Gasteiger partial charge on any atom is 0.306 e. The molecule has 0 aromatic heterocycles. The first-order chi connectivity index (χ1) is 30.0. The molecule has 0 aliphatic carbocycles. The van der Waals surface area contributed by atoms with Crippen molar-refractivity contribution in [1.82, 2.24) is 0 Å². The van der Waals surface area contributed by atoms with Gasteiger partial charge in [0.05, 0.1) is 0 Å². The Morgan fingerprint density at radius 3 is 1.28 bits per heavy atom. The lowest BCUT2D eigenvalue weighted by Crippen LogP contribution is -2.30. The fraction of sp³-hybridized carbons (Fsp3) is 0.655. The second-order valence-electron chi connectivity index (χ2n) is 16.1. The Morgan fingerprint density at radius 1 is 0.361 bits per heavy atom. The van der Waals surface area contributed by atoms with Crippen molar-refractivity contribution in [2.45, 2.75) is 219 Å². The van der Waals surface area contributed by atoms with E-state index in [0.29, 0.717) is 12.8 Å². The van der Waals surface area contributed by atoms with Gasteiger partial charge in [-0.2, -0.15) is 0 Å². The summed E-state index contributed by atoms with van der Waals surface area (Å²) in [6.45, 7) is 6.36. The summed E-state index contributed by atoms with van der Waals surface area (Å²) in [6.07, 6.45) is 63.9. The van der Waals surface area contributed by atoms with Crippen molar-refractivity contribution < 1.29 is 28.6 Å². The molecule has 0 rings (SSSR count). The van der Waals surface area contributed by atoms with Gasteiger partial charge in [0.1, 0.15) is 13.2 Å². The third-order valence-electron chi connectivity index (χ3n) is 10.1. The van der Waals surface area contributed by atoms with E-state index in [2.05, 4.69) is 93.7 Å². The third-order valence-corrected chi connectivity index (χ3v) is 10.1. The summed E-state index contributed by atoms with van der Waals surface area (Å²) in [5.41, 5.74) is 0. The largest absolute Gasteiger partial charge is 0.462 e. The molecule has 0 saturated carbocycles. The Labute approximate surface area is 375 Å². The van der Waals surface area contributed by atoms with Crippen LogP contribution in [0.4, 0.5) is 0 Å². The Balaban J connectivity index is 4.52. The van der Waals surface area contributed by atoms with E-state index in [-0.39, 0.29) is 44.0 Å². The SMILES string of the molecule is CC\C=C/C=C\C=C/C=C\CCCCCCCC(=O)OC(COC(=O)CCC/C=C\C/C=C\C/C=C\CCCCCCCC)COC(=O)CCCCCCC/C=C\CCCC. The lowest BCUT2D eigenvalue weighted by molar-refractivity contribution is -0.167. The third kappa shape index (κ3) is 47.2. The number of unbranched alkanes of at least 4 members (excludes halogenated alkanes) is 19. The fourth-order valence-corrected chi connectivity index (χ4v) is 6.39. The molecule has 0 saturated heterocycles. The van der Waals surface area contributed by atoms with Gasteiger partial charge in [-0.25, -0.2) is 0 Å². The van der Waals surface area contributed by atoms with Crippen LogP contribution >= 0.6 is 0 Å². The standard InChI is InChI=1S/C55H90O6/c1-4-7-10-13-16-19-22-24-26-27-29-30-33-36-39-42-45-48-54(57)60-51-52(50-59-53(56)47-44-41-38-35-32-21-18-15-12-9-6-3)61-55(58)49-46-43-40-37-34-31-28-25-23-20-17-14-11-8-5-2/h8,11,14-15,17-18,20,23-26,28-30,36,39,52H,4-7,9-10,12-13,16,19,21-22,27,31-35,37-38,40-51H2,1-3H3/b11-8-,17-14-,18-15-,23-20-,26-24-,28-25-,30-29-,39-36-. The number of hydrogen-bond acceptors (Lipinski definition) is 6.